The van der Waals surface area contributed by atoms with Crippen LogP contribution in [0.25, 0.3) is 0 Å². The molecule has 3 rings (SSSR count). The molecule has 0 saturated heterocycles. The van der Waals surface area contributed by atoms with Crippen molar-refractivity contribution in [2.45, 2.75) is 13.1 Å². The van der Waals surface area contributed by atoms with E-state index in [1.807, 2.05) is 0 Å². The van der Waals surface area contributed by atoms with Gasteiger partial charge in [0.25, 0.3) is 11.5 Å². The van der Waals surface area contributed by atoms with Crippen LogP contribution in [0.3, 0.4) is 0 Å². The van der Waals surface area contributed by atoms with Crippen LogP contribution < -0.4 is 15.6 Å². The molecule has 1 amide bonds. The predicted octanol–water partition coefficient (Wildman–Crippen LogP) is 4.28. The van der Waals surface area contributed by atoms with Crippen molar-refractivity contribution in [2.75, 3.05) is 5.32 Å². The van der Waals surface area contributed by atoms with E-state index in [0.29, 0.717) is 11.6 Å². The summed E-state index contributed by atoms with van der Waals surface area (Å²) in [6, 6.07) is 7.00. The summed E-state index contributed by atoms with van der Waals surface area (Å²) in [7, 11) is 0. The molecule has 150 valence electrons. The van der Waals surface area contributed by atoms with Crippen molar-refractivity contribution in [3.05, 3.63) is 81.5 Å². The number of alkyl halides is 3. The highest BCUT2D eigenvalue weighted by Crippen LogP contribution is 2.35. The molecule has 1 aromatic heterocycles. The summed E-state index contributed by atoms with van der Waals surface area (Å²) in [5.74, 6) is -1.47. The Bertz CT molecular complexity index is 1130. The summed E-state index contributed by atoms with van der Waals surface area (Å²) in [6.45, 7) is 1.55. The number of nitrogens with one attached hydrogen (secondary N) is 2. The Morgan fingerprint density at radius 3 is 2.48 bits per heavy atom. The van der Waals surface area contributed by atoms with E-state index in [-0.39, 0.29) is 17.2 Å². The second kappa shape index (κ2) is 7.74. The van der Waals surface area contributed by atoms with Crippen molar-refractivity contribution in [2.24, 2.45) is 0 Å². The Morgan fingerprint density at radius 1 is 1.10 bits per heavy atom. The summed E-state index contributed by atoms with van der Waals surface area (Å²) in [5.41, 5.74) is -1.72. The van der Waals surface area contributed by atoms with Gasteiger partial charge in [-0.1, -0.05) is 0 Å². The molecule has 3 aromatic rings. The minimum absolute atomic E-state index is 0.0138. The molecule has 2 N–H and O–H groups in total. The highest BCUT2D eigenvalue weighted by atomic mass is 19.4. The fourth-order valence-corrected chi connectivity index (χ4v) is 2.46. The highest BCUT2D eigenvalue weighted by molar-refractivity contribution is 6.06. The van der Waals surface area contributed by atoms with Crippen molar-refractivity contribution in [1.82, 2.24) is 10.2 Å². The molecule has 0 radical (unpaired) electrons. The monoisotopic (exact) mass is 407 g/mol. The Kier molecular flexibility index (Phi) is 5.35. The topological polar surface area (TPSA) is 84.1 Å². The molecule has 2 aromatic carbocycles. The van der Waals surface area contributed by atoms with Crippen LogP contribution in [0.4, 0.5) is 23.2 Å². The first-order valence-corrected chi connectivity index (χ1v) is 8.15. The van der Waals surface area contributed by atoms with Crippen LogP contribution in [0.1, 0.15) is 21.5 Å². The molecule has 0 unspecified atom stereocenters. The van der Waals surface area contributed by atoms with E-state index in [2.05, 4.69) is 15.5 Å². The minimum atomic E-state index is -4.69. The van der Waals surface area contributed by atoms with Crippen molar-refractivity contribution >= 4 is 11.6 Å². The Balaban J connectivity index is 2.01. The van der Waals surface area contributed by atoms with Crippen LogP contribution in [0.15, 0.2) is 53.5 Å². The van der Waals surface area contributed by atoms with Gasteiger partial charge in [0.05, 0.1) is 23.0 Å². The lowest BCUT2D eigenvalue weighted by atomic mass is 10.1. The molecule has 0 aliphatic heterocycles. The number of carbonyl (C=O) groups is 1. The number of carbonyl (C=O) groups excluding carboxylic acids is 1. The molecule has 1 heterocycles. The molecular weight excluding hydrogens is 394 g/mol. The van der Waals surface area contributed by atoms with Gasteiger partial charge < -0.3 is 10.1 Å². The second-order valence-corrected chi connectivity index (χ2v) is 6.01. The zero-order valence-electron chi connectivity index (χ0n) is 14.8. The number of halogens is 4. The van der Waals surface area contributed by atoms with Crippen LogP contribution in [-0.2, 0) is 6.18 Å². The zero-order valence-corrected chi connectivity index (χ0v) is 14.8. The molecule has 0 atom stereocenters. The number of H-pyrrole nitrogens is 1. The number of nitrogens with zero attached hydrogens (tertiary/aromatic N) is 1. The molecule has 0 aliphatic rings. The number of aromatic nitrogens is 2. The van der Waals surface area contributed by atoms with Crippen LogP contribution >= 0.6 is 0 Å². The van der Waals surface area contributed by atoms with Crippen molar-refractivity contribution < 1.29 is 27.1 Å². The number of hydrogen-bond donors (Lipinski definition) is 2. The maximum atomic E-state index is 13.3. The number of hydrogen-bond acceptors (Lipinski definition) is 4. The Hall–Kier alpha value is -3.69. The quantitative estimate of drug-likeness (QED) is 0.633. The first-order valence-electron chi connectivity index (χ1n) is 8.15. The third kappa shape index (κ3) is 4.78. The standard InChI is InChI=1S/C19H13F4N3O3/c1-10-6-12(20)3-5-15(10)29-16-4-2-11(19(21,22)23)7-14(16)18(28)25-13-8-17(27)26-24-9-13/h2-9H,1H3,(H2,25,26,27,28). The average Bonchev–Trinajstić information content (AvgIpc) is 2.63. The SMILES string of the molecule is Cc1cc(F)ccc1Oc1ccc(C(F)(F)F)cc1C(=O)Nc1cn[nH]c(=O)c1. The Morgan fingerprint density at radius 2 is 1.83 bits per heavy atom. The molecule has 6 nitrogen and oxygen atoms in total. The van der Waals surface area contributed by atoms with Crippen molar-refractivity contribution in [1.29, 1.82) is 0 Å². The van der Waals surface area contributed by atoms with Gasteiger partial charge in [0, 0.05) is 6.07 Å². The fraction of sp³-hybridized carbons (Fsp3) is 0.105. The normalized spacial score (nSPS) is 11.2. The lowest BCUT2D eigenvalue weighted by Gasteiger charge is -2.15. The van der Waals surface area contributed by atoms with Gasteiger partial charge in [-0.3, -0.25) is 9.59 Å². The zero-order chi connectivity index (χ0) is 21.2. The summed E-state index contributed by atoms with van der Waals surface area (Å²) >= 11 is 0. The molecular formula is C19H13F4N3O3. The third-order valence-corrected chi connectivity index (χ3v) is 3.83. The van der Waals surface area contributed by atoms with E-state index in [0.717, 1.165) is 30.5 Å². The number of amides is 1. The number of aromatic amines is 1. The summed E-state index contributed by atoms with van der Waals surface area (Å²) < 4.78 is 58.2. The fourth-order valence-electron chi connectivity index (χ4n) is 2.46. The number of anilines is 1. The largest absolute Gasteiger partial charge is 0.456 e. The summed E-state index contributed by atoms with van der Waals surface area (Å²) in [5, 5.41) is 7.91. The highest BCUT2D eigenvalue weighted by Gasteiger charge is 2.32. The van der Waals surface area contributed by atoms with E-state index in [1.54, 1.807) is 6.92 Å². The molecule has 0 saturated carbocycles. The smallest absolute Gasteiger partial charge is 0.416 e. The molecule has 29 heavy (non-hydrogen) atoms. The van der Waals surface area contributed by atoms with Gasteiger partial charge in [0.2, 0.25) is 0 Å². The molecule has 0 spiro atoms. The first kappa shape index (κ1) is 20.1. The van der Waals surface area contributed by atoms with Crippen molar-refractivity contribution in [3.63, 3.8) is 0 Å². The molecule has 0 fully saturated rings. The van der Waals surface area contributed by atoms with Crippen LogP contribution in [0.5, 0.6) is 11.5 Å². The van der Waals surface area contributed by atoms with E-state index >= 15 is 0 Å². The van der Waals surface area contributed by atoms with Crippen LogP contribution in [0, 0.1) is 12.7 Å². The minimum Gasteiger partial charge on any atom is -0.456 e. The van der Waals surface area contributed by atoms with E-state index in [1.165, 1.54) is 12.1 Å². The van der Waals surface area contributed by atoms with Gasteiger partial charge in [-0.25, -0.2) is 9.49 Å². The van der Waals surface area contributed by atoms with Crippen LogP contribution in [0.2, 0.25) is 0 Å². The van der Waals surface area contributed by atoms with E-state index < -0.39 is 34.6 Å². The predicted molar refractivity (Wildman–Crippen MR) is 95.5 cm³/mol. The third-order valence-electron chi connectivity index (χ3n) is 3.83. The Labute approximate surface area is 161 Å². The molecule has 0 aliphatic carbocycles. The van der Waals surface area contributed by atoms with Crippen molar-refractivity contribution in [3.8, 4) is 11.5 Å². The number of rotatable bonds is 4. The maximum absolute atomic E-state index is 13.3. The maximum Gasteiger partial charge on any atom is 0.416 e. The number of benzene rings is 2. The van der Waals surface area contributed by atoms with Gasteiger partial charge in [0.15, 0.2) is 0 Å². The van der Waals surface area contributed by atoms with E-state index in [4.69, 9.17) is 4.74 Å². The van der Waals surface area contributed by atoms with Gasteiger partial charge in [0.1, 0.15) is 17.3 Å². The molecule has 10 heteroatoms. The van der Waals surface area contributed by atoms with Gasteiger partial charge in [-0.15, -0.1) is 0 Å². The number of ether oxygens (including phenoxy) is 1. The van der Waals surface area contributed by atoms with Gasteiger partial charge in [-0.2, -0.15) is 18.3 Å². The molecule has 0 bridgehead atoms. The summed E-state index contributed by atoms with van der Waals surface area (Å²) in [4.78, 5) is 23.9. The lowest BCUT2D eigenvalue weighted by Crippen LogP contribution is -2.17. The number of aryl methyl sites for hydroxylation is 1. The van der Waals surface area contributed by atoms with Gasteiger partial charge >= 0.3 is 6.18 Å². The average molecular weight is 407 g/mol. The van der Waals surface area contributed by atoms with Crippen LogP contribution in [-0.4, -0.2) is 16.1 Å². The van der Waals surface area contributed by atoms with Gasteiger partial charge in [-0.05, 0) is 48.9 Å². The first-order chi connectivity index (χ1) is 13.6. The van der Waals surface area contributed by atoms with E-state index in [9.17, 15) is 27.2 Å². The second-order valence-electron chi connectivity index (χ2n) is 6.01. The summed E-state index contributed by atoms with van der Waals surface area (Å²) in [6.07, 6.45) is -3.57. The lowest BCUT2D eigenvalue weighted by molar-refractivity contribution is -0.137.